The number of likely N-dealkylation sites (N-methyl/N-ethyl adjacent to an activating group) is 1. The van der Waals surface area contributed by atoms with E-state index in [1.165, 1.54) is 19.3 Å². The second kappa shape index (κ2) is 8.71. The molecule has 0 radical (unpaired) electrons. The molecule has 122 valence electrons. The molecule has 2 fully saturated rings. The lowest BCUT2D eigenvalue weighted by Crippen LogP contribution is -2.51. The van der Waals surface area contributed by atoms with Crippen molar-refractivity contribution in [2.24, 2.45) is 0 Å². The van der Waals surface area contributed by atoms with Gasteiger partial charge in [0.15, 0.2) is 0 Å². The number of piperazine rings is 1. The van der Waals surface area contributed by atoms with Crippen LogP contribution >= 0.6 is 0 Å². The Hall–Kier alpha value is -0.650. The number of rotatable bonds is 6. The van der Waals surface area contributed by atoms with Gasteiger partial charge in [-0.1, -0.05) is 0 Å². The van der Waals surface area contributed by atoms with Crippen molar-refractivity contribution in [3.05, 3.63) is 0 Å². The van der Waals surface area contributed by atoms with Gasteiger partial charge in [0, 0.05) is 52.4 Å². The summed E-state index contributed by atoms with van der Waals surface area (Å²) in [4.78, 5) is 18.8. The fourth-order valence-corrected chi connectivity index (χ4v) is 3.24. The maximum atomic E-state index is 12.1. The standard InChI is InChI=1S/C16H31N3O2/c1-3-19(4-2)16(20)14-18-10-8-17(9-11-18)13-15-7-5-6-12-21-15/h15H,3-14H2,1-2H3. The van der Waals surface area contributed by atoms with Crippen LogP contribution in [0.4, 0.5) is 0 Å². The van der Waals surface area contributed by atoms with E-state index in [0.29, 0.717) is 12.6 Å². The van der Waals surface area contributed by atoms with Crippen molar-refractivity contribution in [2.45, 2.75) is 39.2 Å². The van der Waals surface area contributed by atoms with Gasteiger partial charge in [0.2, 0.25) is 5.91 Å². The molecule has 2 rings (SSSR count). The predicted octanol–water partition coefficient (Wildman–Crippen LogP) is 1.04. The lowest BCUT2D eigenvalue weighted by Gasteiger charge is -2.37. The van der Waals surface area contributed by atoms with Gasteiger partial charge >= 0.3 is 0 Å². The van der Waals surface area contributed by atoms with Gasteiger partial charge in [-0.2, -0.15) is 0 Å². The average molecular weight is 297 g/mol. The number of hydrogen-bond acceptors (Lipinski definition) is 4. The second-order valence-electron chi connectivity index (χ2n) is 6.13. The number of carbonyl (C=O) groups excluding carboxylic acids is 1. The smallest absolute Gasteiger partial charge is 0.236 e. The Morgan fingerprint density at radius 2 is 1.76 bits per heavy atom. The number of hydrogen-bond donors (Lipinski definition) is 0. The Morgan fingerprint density at radius 1 is 1.10 bits per heavy atom. The molecule has 21 heavy (non-hydrogen) atoms. The Kier molecular flexibility index (Phi) is 6.93. The first-order chi connectivity index (χ1) is 10.2. The van der Waals surface area contributed by atoms with Gasteiger partial charge in [-0.15, -0.1) is 0 Å². The molecule has 0 bridgehead atoms. The first-order valence-electron chi connectivity index (χ1n) is 8.57. The summed E-state index contributed by atoms with van der Waals surface area (Å²) in [5.74, 6) is 0.268. The van der Waals surface area contributed by atoms with Crippen LogP contribution in [0.2, 0.25) is 0 Å². The topological polar surface area (TPSA) is 36.0 Å². The number of carbonyl (C=O) groups is 1. The summed E-state index contributed by atoms with van der Waals surface area (Å²) in [6, 6.07) is 0. The van der Waals surface area contributed by atoms with Crippen LogP contribution in [0.15, 0.2) is 0 Å². The van der Waals surface area contributed by atoms with E-state index < -0.39 is 0 Å². The first kappa shape index (κ1) is 16.7. The number of ether oxygens (including phenoxy) is 1. The molecule has 0 saturated carbocycles. The highest BCUT2D eigenvalue weighted by Crippen LogP contribution is 2.14. The fourth-order valence-electron chi connectivity index (χ4n) is 3.24. The van der Waals surface area contributed by atoms with Crippen LogP contribution in [0.5, 0.6) is 0 Å². The SMILES string of the molecule is CCN(CC)C(=O)CN1CCN(CC2CCCCO2)CC1. The minimum Gasteiger partial charge on any atom is -0.377 e. The Morgan fingerprint density at radius 3 is 2.33 bits per heavy atom. The predicted molar refractivity (Wildman–Crippen MR) is 84.4 cm³/mol. The van der Waals surface area contributed by atoms with Gasteiger partial charge in [0.25, 0.3) is 0 Å². The monoisotopic (exact) mass is 297 g/mol. The lowest BCUT2D eigenvalue weighted by atomic mass is 10.1. The van der Waals surface area contributed by atoms with E-state index in [9.17, 15) is 4.79 Å². The molecule has 2 heterocycles. The molecule has 2 aliphatic heterocycles. The zero-order chi connectivity index (χ0) is 15.1. The van der Waals surface area contributed by atoms with Crippen LogP contribution in [-0.2, 0) is 9.53 Å². The number of amides is 1. The van der Waals surface area contributed by atoms with Gasteiger partial charge in [0.1, 0.15) is 0 Å². The molecule has 0 aromatic heterocycles. The summed E-state index contributed by atoms with van der Waals surface area (Å²) in [6.07, 6.45) is 4.17. The van der Waals surface area contributed by atoms with E-state index in [-0.39, 0.29) is 5.91 Å². The highest BCUT2D eigenvalue weighted by Gasteiger charge is 2.23. The molecular formula is C16H31N3O2. The molecule has 1 amide bonds. The van der Waals surface area contributed by atoms with E-state index in [0.717, 1.165) is 52.4 Å². The van der Waals surface area contributed by atoms with Crippen LogP contribution in [0, 0.1) is 0 Å². The van der Waals surface area contributed by atoms with Crippen molar-refractivity contribution in [3.8, 4) is 0 Å². The summed E-state index contributed by atoms with van der Waals surface area (Å²) in [6.45, 7) is 12.4. The maximum absolute atomic E-state index is 12.1. The first-order valence-corrected chi connectivity index (χ1v) is 8.57. The molecule has 0 spiro atoms. The minimum atomic E-state index is 0.268. The van der Waals surface area contributed by atoms with Crippen LogP contribution in [0.25, 0.3) is 0 Å². The Labute approximate surface area is 129 Å². The zero-order valence-electron chi connectivity index (χ0n) is 13.7. The molecule has 0 aromatic carbocycles. The van der Waals surface area contributed by atoms with E-state index in [1.54, 1.807) is 0 Å². The Balaban J connectivity index is 1.66. The van der Waals surface area contributed by atoms with Crippen LogP contribution in [-0.4, -0.2) is 85.7 Å². The van der Waals surface area contributed by atoms with Crippen molar-refractivity contribution in [2.75, 3.05) is 59.0 Å². The lowest BCUT2D eigenvalue weighted by molar-refractivity contribution is -0.132. The molecule has 0 aliphatic carbocycles. The van der Waals surface area contributed by atoms with Gasteiger partial charge in [-0.25, -0.2) is 0 Å². The maximum Gasteiger partial charge on any atom is 0.236 e. The third-order valence-corrected chi connectivity index (χ3v) is 4.68. The second-order valence-corrected chi connectivity index (χ2v) is 6.13. The summed E-state index contributed by atoms with van der Waals surface area (Å²) in [5.41, 5.74) is 0. The van der Waals surface area contributed by atoms with Crippen molar-refractivity contribution in [3.63, 3.8) is 0 Å². The van der Waals surface area contributed by atoms with Crippen molar-refractivity contribution in [1.29, 1.82) is 0 Å². The van der Waals surface area contributed by atoms with Gasteiger partial charge in [-0.3, -0.25) is 14.6 Å². The van der Waals surface area contributed by atoms with Crippen LogP contribution in [0.1, 0.15) is 33.1 Å². The molecular weight excluding hydrogens is 266 g/mol. The zero-order valence-corrected chi connectivity index (χ0v) is 13.7. The molecule has 1 unspecified atom stereocenters. The van der Waals surface area contributed by atoms with Crippen LogP contribution < -0.4 is 0 Å². The summed E-state index contributed by atoms with van der Waals surface area (Å²) in [5, 5.41) is 0. The molecule has 5 nitrogen and oxygen atoms in total. The largest absolute Gasteiger partial charge is 0.377 e. The average Bonchev–Trinajstić information content (AvgIpc) is 2.51. The van der Waals surface area contributed by atoms with E-state index in [4.69, 9.17) is 4.74 Å². The summed E-state index contributed by atoms with van der Waals surface area (Å²) < 4.78 is 5.82. The highest BCUT2D eigenvalue weighted by molar-refractivity contribution is 5.78. The normalized spacial score (nSPS) is 25.0. The summed E-state index contributed by atoms with van der Waals surface area (Å²) in [7, 11) is 0. The molecule has 1 atom stereocenters. The molecule has 2 aliphatic rings. The molecule has 2 saturated heterocycles. The molecule has 0 aromatic rings. The van der Waals surface area contributed by atoms with Crippen molar-refractivity contribution < 1.29 is 9.53 Å². The van der Waals surface area contributed by atoms with E-state index in [1.807, 2.05) is 18.7 Å². The van der Waals surface area contributed by atoms with E-state index >= 15 is 0 Å². The van der Waals surface area contributed by atoms with Gasteiger partial charge in [-0.05, 0) is 33.1 Å². The van der Waals surface area contributed by atoms with Crippen molar-refractivity contribution >= 4 is 5.91 Å². The third kappa shape index (κ3) is 5.24. The number of nitrogens with zero attached hydrogens (tertiary/aromatic N) is 3. The van der Waals surface area contributed by atoms with Crippen LogP contribution in [0.3, 0.4) is 0 Å². The van der Waals surface area contributed by atoms with Gasteiger partial charge in [0.05, 0.1) is 12.6 Å². The fraction of sp³-hybridized carbons (Fsp3) is 0.938. The minimum absolute atomic E-state index is 0.268. The van der Waals surface area contributed by atoms with Gasteiger partial charge < -0.3 is 9.64 Å². The van der Waals surface area contributed by atoms with E-state index in [2.05, 4.69) is 9.80 Å². The molecule has 0 N–H and O–H groups in total. The molecule has 5 heteroatoms. The Bertz CT molecular complexity index is 307. The quantitative estimate of drug-likeness (QED) is 0.734. The van der Waals surface area contributed by atoms with Crippen molar-refractivity contribution in [1.82, 2.24) is 14.7 Å². The summed E-state index contributed by atoms with van der Waals surface area (Å²) >= 11 is 0. The third-order valence-electron chi connectivity index (χ3n) is 4.68. The highest BCUT2D eigenvalue weighted by atomic mass is 16.5.